The van der Waals surface area contributed by atoms with Crippen molar-refractivity contribution in [2.24, 2.45) is 0 Å². The van der Waals surface area contributed by atoms with Crippen LogP contribution in [0.4, 0.5) is 0 Å². The van der Waals surface area contributed by atoms with Crippen molar-refractivity contribution < 1.29 is 9.21 Å². The lowest BCUT2D eigenvalue weighted by atomic mass is 10.0. The predicted molar refractivity (Wildman–Crippen MR) is 85.3 cm³/mol. The second-order valence-electron chi connectivity index (χ2n) is 5.42. The molecule has 1 aromatic heterocycles. The molecule has 5 heteroatoms. The van der Waals surface area contributed by atoms with Gasteiger partial charge in [-0.2, -0.15) is 0 Å². The van der Waals surface area contributed by atoms with Gasteiger partial charge in [-0.15, -0.1) is 10.2 Å². The first-order valence-corrected chi connectivity index (χ1v) is 8.27. The fourth-order valence-corrected chi connectivity index (χ4v) is 3.10. The normalized spacial score (nSPS) is 14.4. The third kappa shape index (κ3) is 2.64. The van der Waals surface area contributed by atoms with Gasteiger partial charge in [-0.3, -0.25) is 4.79 Å². The number of thioether (sulfide) groups is 1. The van der Waals surface area contributed by atoms with Crippen LogP contribution < -0.4 is 0 Å². The number of carbonyl (C=O) groups excluding carboxylic acids is 1. The number of ketones is 1. The topological polar surface area (TPSA) is 56.0 Å². The van der Waals surface area contributed by atoms with Crippen LogP contribution in [-0.4, -0.2) is 21.7 Å². The molecule has 0 spiro atoms. The van der Waals surface area contributed by atoms with Crippen molar-refractivity contribution in [2.45, 2.75) is 24.0 Å². The lowest BCUT2D eigenvalue weighted by Crippen LogP contribution is -2.03. The van der Waals surface area contributed by atoms with Crippen LogP contribution in [0.3, 0.4) is 0 Å². The van der Waals surface area contributed by atoms with Crippen LogP contribution >= 0.6 is 11.8 Å². The summed E-state index contributed by atoms with van der Waals surface area (Å²) in [7, 11) is 0. The Balaban J connectivity index is 1.50. The number of Topliss-reactive ketones (excluding diaryl/α,β-unsaturated/α-hetero) is 1. The van der Waals surface area contributed by atoms with Gasteiger partial charge in [0, 0.05) is 11.5 Å². The maximum absolute atomic E-state index is 12.5. The van der Waals surface area contributed by atoms with Gasteiger partial charge in [0.1, 0.15) is 0 Å². The number of nitrogens with zero attached hydrogens (tertiary/aromatic N) is 2. The third-order valence-corrected chi connectivity index (χ3v) is 4.58. The van der Waals surface area contributed by atoms with Crippen molar-refractivity contribution in [2.75, 3.05) is 5.75 Å². The first-order chi connectivity index (χ1) is 10.8. The van der Waals surface area contributed by atoms with Crippen LogP contribution in [0, 0.1) is 0 Å². The zero-order valence-electron chi connectivity index (χ0n) is 11.9. The van der Waals surface area contributed by atoms with Crippen molar-refractivity contribution in [3.63, 3.8) is 0 Å². The molecule has 1 saturated carbocycles. The number of aromatic nitrogens is 2. The average molecular weight is 310 g/mol. The molecule has 4 rings (SSSR count). The van der Waals surface area contributed by atoms with Crippen LogP contribution in [0.5, 0.6) is 0 Å². The van der Waals surface area contributed by atoms with E-state index in [9.17, 15) is 4.79 Å². The van der Waals surface area contributed by atoms with Gasteiger partial charge in [-0.1, -0.05) is 54.2 Å². The molecular weight excluding hydrogens is 296 g/mol. The highest BCUT2D eigenvalue weighted by Crippen LogP contribution is 2.39. The summed E-state index contributed by atoms with van der Waals surface area (Å²) in [5, 5.41) is 10.6. The number of hydrogen-bond donors (Lipinski definition) is 0. The summed E-state index contributed by atoms with van der Waals surface area (Å²) in [6, 6.07) is 13.7. The highest BCUT2D eigenvalue weighted by Gasteiger charge is 2.29. The third-order valence-electron chi connectivity index (χ3n) is 3.77. The van der Waals surface area contributed by atoms with Crippen molar-refractivity contribution >= 4 is 28.3 Å². The molecule has 22 heavy (non-hydrogen) atoms. The minimum Gasteiger partial charge on any atom is -0.416 e. The Labute approximate surface area is 131 Å². The molecule has 4 nitrogen and oxygen atoms in total. The van der Waals surface area contributed by atoms with Crippen LogP contribution in [0.2, 0.25) is 0 Å². The zero-order chi connectivity index (χ0) is 14.9. The minimum absolute atomic E-state index is 0.0768. The Hall–Kier alpha value is -2.14. The van der Waals surface area contributed by atoms with Crippen LogP contribution in [0.25, 0.3) is 10.8 Å². The molecule has 0 N–H and O–H groups in total. The fourth-order valence-electron chi connectivity index (χ4n) is 2.45. The molecule has 0 saturated heterocycles. The zero-order valence-corrected chi connectivity index (χ0v) is 12.7. The molecular formula is C17H14N2O2S. The summed E-state index contributed by atoms with van der Waals surface area (Å²) in [5.74, 6) is 1.53. The van der Waals surface area contributed by atoms with Crippen LogP contribution in [0.1, 0.15) is 35.0 Å². The molecule has 2 aromatic carbocycles. The van der Waals surface area contributed by atoms with E-state index >= 15 is 0 Å². The fraction of sp³-hybridized carbons (Fsp3) is 0.235. The molecule has 3 aromatic rings. The molecule has 1 fully saturated rings. The van der Waals surface area contributed by atoms with E-state index in [1.165, 1.54) is 11.8 Å². The van der Waals surface area contributed by atoms with Crippen molar-refractivity contribution in [1.82, 2.24) is 10.2 Å². The van der Waals surface area contributed by atoms with Crippen LogP contribution in [-0.2, 0) is 0 Å². The predicted octanol–water partition coefficient (Wildman–Crippen LogP) is 4.08. The van der Waals surface area contributed by atoms with Crippen molar-refractivity contribution in [3.05, 3.63) is 53.9 Å². The van der Waals surface area contributed by atoms with Gasteiger partial charge >= 0.3 is 0 Å². The van der Waals surface area contributed by atoms with Gasteiger partial charge < -0.3 is 4.42 Å². The smallest absolute Gasteiger partial charge is 0.277 e. The summed E-state index contributed by atoms with van der Waals surface area (Å²) < 4.78 is 5.57. The Morgan fingerprint density at radius 1 is 1.14 bits per heavy atom. The SMILES string of the molecule is O=C(CSc1nnc(C2CC2)o1)c1cccc2ccccc12. The van der Waals surface area contributed by atoms with E-state index in [0.29, 0.717) is 22.8 Å². The summed E-state index contributed by atoms with van der Waals surface area (Å²) >= 11 is 1.31. The maximum atomic E-state index is 12.5. The van der Waals surface area contributed by atoms with E-state index in [1.807, 2.05) is 42.5 Å². The van der Waals surface area contributed by atoms with E-state index < -0.39 is 0 Å². The number of fused-ring (bicyclic) bond motifs is 1. The molecule has 0 unspecified atom stereocenters. The summed E-state index contributed by atoms with van der Waals surface area (Å²) in [6.07, 6.45) is 2.25. The lowest BCUT2D eigenvalue weighted by Gasteiger charge is -2.04. The summed E-state index contributed by atoms with van der Waals surface area (Å²) in [4.78, 5) is 12.5. The van der Waals surface area contributed by atoms with Crippen molar-refractivity contribution in [1.29, 1.82) is 0 Å². The molecule has 1 aliphatic rings. The van der Waals surface area contributed by atoms with E-state index in [4.69, 9.17) is 4.42 Å². The molecule has 0 atom stereocenters. The molecule has 110 valence electrons. The average Bonchev–Trinajstić information content (AvgIpc) is 3.31. The second kappa shape index (κ2) is 5.57. The first kappa shape index (κ1) is 13.5. The summed E-state index contributed by atoms with van der Waals surface area (Å²) in [5.41, 5.74) is 0.743. The lowest BCUT2D eigenvalue weighted by molar-refractivity contribution is 0.102. The van der Waals surface area contributed by atoms with Crippen LogP contribution in [0.15, 0.2) is 52.1 Å². The minimum atomic E-state index is 0.0768. The summed E-state index contributed by atoms with van der Waals surface area (Å²) in [6.45, 7) is 0. The quantitative estimate of drug-likeness (QED) is 0.525. The largest absolute Gasteiger partial charge is 0.416 e. The first-order valence-electron chi connectivity index (χ1n) is 7.28. The van der Waals surface area contributed by atoms with E-state index in [-0.39, 0.29) is 5.78 Å². The maximum Gasteiger partial charge on any atom is 0.277 e. The Morgan fingerprint density at radius 3 is 2.82 bits per heavy atom. The van der Waals surface area contributed by atoms with E-state index in [0.717, 1.165) is 29.2 Å². The van der Waals surface area contributed by atoms with Gasteiger partial charge in [0.15, 0.2) is 5.78 Å². The van der Waals surface area contributed by atoms with Gasteiger partial charge in [-0.05, 0) is 23.6 Å². The number of carbonyl (C=O) groups is 1. The molecule has 1 heterocycles. The molecule has 1 aliphatic carbocycles. The number of rotatable bonds is 5. The van der Waals surface area contributed by atoms with Gasteiger partial charge in [0.25, 0.3) is 5.22 Å². The van der Waals surface area contributed by atoms with Gasteiger partial charge in [0.2, 0.25) is 5.89 Å². The van der Waals surface area contributed by atoms with E-state index in [1.54, 1.807) is 0 Å². The molecule has 0 aliphatic heterocycles. The highest BCUT2D eigenvalue weighted by atomic mass is 32.2. The van der Waals surface area contributed by atoms with Crippen molar-refractivity contribution in [3.8, 4) is 0 Å². The standard InChI is InChI=1S/C17H14N2O2S/c20-15(10-22-17-19-18-16(21-17)12-8-9-12)14-7-3-5-11-4-1-2-6-13(11)14/h1-7,12H,8-10H2. The Morgan fingerprint density at radius 2 is 1.95 bits per heavy atom. The Bertz CT molecular complexity index is 834. The number of hydrogen-bond acceptors (Lipinski definition) is 5. The molecule has 0 amide bonds. The highest BCUT2D eigenvalue weighted by molar-refractivity contribution is 7.99. The van der Waals surface area contributed by atoms with E-state index in [2.05, 4.69) is 10.2 Å². The number of benzene rings is 2. The van der Waals surface area contributed by atoms with Gasteiger partial charge in [-0.25, -0.2) is 0 Å². The second-order valence-corrected chi connectivity index (χ2v) is 6.35. The monoisotopic (exact) mass is 310 g/mol. The van der Waals surface area contributed by atoms with Gasteiger partial charge in [0.05, 0.1) is 5.75 Å². The Kier molecular flexibility index (Phi) is 3.42. The molecule has 0 bridgehead atoms. The molecule has 0 radical (unpaired) electrons.